The lowest BCUT2D eigenvalue weighted by molar-refractivity contribution is 0.470. The highest BCUT2D eigenvalue weighted by atomic mass is 16.3. The number of phenolic OH excluding ortho intramolecular Hbond substituents is 2. The van der Waals surface area contributed by atoms with Crippen molar-refractivity contribution in [3.05, 3.63) is 72.8 Å². The topological polar surface area (TPSA) is 56.2 Å². The smallest absolute Gasteiger partial charge is 0.124 e. The molecular weight excluding hydrogens is 310 g/mol. The summed E-state index contributed by atoms with van der Waals surface area (Å²) in [7, 11) is 0. The van der Waals surface area contributed by atoms with E-state index in [1.165, 1.54) is 0 Å². The molecule has 3 heteroatoms. The maximum atomic E-state index is 10.7. The van der Waals surface area contributed by atoms with E-state index in [2.05, 4.69) is 4.98 Å². The molecule has 0 saturated heterocycles. The third-order valence-corrected chi connectivity index (χ3v) is 4.81. The summed E-state index contributed by atoms with van der Waals surface area (Å²) in [4.78, 5) is 3.39. The van der Waals surface area contributed by atoms with Gasteiger partial charge in [0.25, 0.3) is 0 Å². The van der Waals surface area contributed by atoms with Gasteiger partial charge < -0.3 is 15.2 Å². The summed E-state index contributed by atoms with van der Waals surface area (Å²) in [6, 6.07) is 23.0. The predicted octanol–water partition coefficient (Wildman–Crippen LogP) is 5.55. The molecule has 4 aromatic carbocycles. The van der Waals surface area contributed by atoms with Gasteiger partial charge in [0, 0.05) is 32.9 Å². The highest BCUT2D eigenvalue weighted by Crippen LogP contribution is 2.46. The molecule has 5 aromatic rings. The SMILES string of the molecule is Oc1ccc2ccccc2c1-c1c(O)ccc2[nH]c3ccccc3c12. The number of aromatic nitrogens is 1. The Morgan fingerprint density at radius 3 is 2.12 bits per heavy atom. The van der Waals surface area contributed by atoms with Crippen LogP contribution in [0, 0.1) is 0 Å². The molecule has 0 aliphatic rings. The van der Waals surface area contributed by atoms with Crippen LogP contribution in [-0.2, 0) is 0 Å². The van der Waals surface area contributed by atoms with E-state index in [-0.39, 0.29) is 11.5 Å². The van der Waals surface area contributed by atoms with Gasteiger partial charge in [-0.05, 0) is 35.0 Å². The number of aromatic hydroxyl groups is 2. The first kappa shape index (κ1) is 13.9. The molecule has 0 fully saturated rings. The van der Waals surface area contributed by atoms with Crippen LogP contribution < -0.4 is 0 Å². The van der Waals surface area contributed by atoms with E-state index in [4.69, 9.17) is 0 Å². The Bertz CT molecular complexity index is 1270. The van der Waals surface area contributed by atoms with Crippen LogP contribution in [-0.4, -0.2) is 15.2 Å². The quantitative estimate of drug-likeness (QED) is 0.378. The lowest BCUT2D eigenvalue weighted by Gasteiger charge is -2.13. The molecule has 0 spiro atoms. The molecule has 25 heavy (non-hydrogen) atoms. The maximum Gasteiger partial charge on any atom is 0.124 e. The molecule has 0 aliphatic carbocycles. The first-order chi connectivity index (χ1) is 12.2. The number of nitrogens with one attached hydrogen (secondary N) is 1. The van der Waals surface area contributed by atoms with Gasteiger partial charge in [0.05, 0.1) is 0 Å². The zero-order valence-corrected chi connectivity index (χ0v) is 13.3. The molecule has 0 bridgehead atoms. The lowest BCUT2D eigenvalue weighted by atomic mass is 9.93. The minimum Gasteiger partial charge on any atom is -0.507 e. The number of hydrogen-bond donors (Lipinski definition) is 3. The molecule has 3 nitrogen and oxygen atoms in total. The second-order valence-electron chi connectivity index (χ2n) is 6.23. The second kappa shape index (κ2) is 5.02. The van der Waals surface area contributed by atoms with Crippen molar-refractivity contribution < 1.29 is 10.2 Å². The number of aromatic amines is 1. The normalized spacial score (nSPS) is 11.5. The van der Waals surface area contributed by atoms with Crippen molar-refractivity contribution in [2.24, 2.45) is 0 Å². The molecule has 0 radical (unpaired) electrons. The number of H-pyrrole nitrogens is 1. The van der Waals surface area contributed by atoms with Gasteiger partial charge in [-0.1, -0.05) is 48.5 Å². The van der Waals surface area contributed by atoms with Crippen LogP contribution in [0.5, 0.6) is 11.5 Å². The van der Waals surface area contributed by atoms with E-state index < -0.39 is 0 Å². The summed E-state index contributed by atoms with van der Waals surface area (Å²) in [6.45, 7) is 0. The van der Waals surface area contributed by atoms with Gasteiger partial charge >= 0.3 is 0 Å². The Balaban J connectivity index is 2.03. The van der Waals surface area contributed by atoms with Crippen LogP contribution in [0.25, 0.3) is 43.7 Å². The molecule has 1 aromatic heterocycles. The fourth-order valence-electron chi connectivity index (χ4n) is 3.71. The number of para-hydroxylation sites is 1. The molecular formula is C22H15NO2. The molecule has 0 unspecified atom stereocenters. The molecule has 0 atom stereocenters. The number of fused-ring (bicyclic) bond motifs is 4. The van der Waals surface area contributed by atoms with Crippen molar-refractivity contribution in [2.45, 2.75) is 0 Å². The van der Waals surface area contributed by atoms with Gasteiger partial charge in [0.1, 0.15) is 11.5 Å². The summed E-state index contributed by atoms with van der Waals surface area (Å²) >= 11 is 0. The third-order valence-electron chi connectivity index (χ3n) is 4.81. The number of rotatable bonds is 1. The van der Waals surface area contributed by atoms with E-state index in [1.54, 1.807) is 12.1 Å². The van der Waals surface area contributed by atoms with Crippen molar-refractivity contribution >= 4 is 32.6 Å². The maximum absolute atomic E-state index is 10.7. The Morgan fingerprint density at radius 1 is 0.560 bits per heavy atom. The first-order valence-corrected chi connectivity index (χ1v) is 8.17. The van der Waals surface area contributed by atoms with Crippen molar-refractivity contribution in [3.63, 3.8) is 0 Å². The van der Waals surface area contributed by atoms with Crippen molar-refractivity contribution in [1.82, 2.24) is 4.98 Å². The van der Waals surface area contributed by atoms with E-state index in [1.807, 2.05) is 60.7 Å². The second-order valence-corrected chi connectivity index (χ2v) is 6.23. The van der Waals surface area contributed by atoms with Crippen molar-refractivity contribution in [2.75, 3.05) is 0 Å². The summed E-state index contributed by atoms with van der Waals surface area (Å²) in [6.07, 6.45) is 0. The highest BCUT2D eigenvalue weighted by molar-refractivity contribution is 6.18. The van der Waals surface area contributed by atoms with Crippen LogP contribution in [0.15, 0.2) is 72.8 Å². The first-order valence-electron chi connectivity index (χ1n) is 8.17. The van der Waals surface area contributed by atoms with E-state index in [0.717, 1.165) is 32.6 Å². The number of phenols is 2. The monoisotopic (exact) mass is 325 g/mol. The molecule has 5 rings (SSSR count). The van der Waals surface area contributed by atoms with Gasteiger partial charge in [-0.25, -0.2) is 0 Å². The standard InChI is InChI=1S/C22H15NO2/c24-18-11-9-13-5-1-2-6-14(13)21(18)22-19(25)12-10-17-20(22)15-7-3-4-8-16(15)23-17/h1-12,23-25H. The summed E-state index contributed by atoms with van der Waals surface area (Å²) in [5.74, 6) is 0.315. The Kier molecular flexibility index (Phi) is 2.80. The minimum atomic E-state index is 0.156. The zero-order chi connectivity index (χ0) is 17.0. The van der Waals surface area contributed by atoms with E-state index in [0.29, 0.717) is 11.1 Å². The van der Waals surface area contributed by atoms with E-state index in [9.17, 15) is 10.2 Å². The molecule has 0 amide bonds. The Labute approximate surface area is 143 Å². The van der Waals surface area contributed by atoms with Crippen molar-refractivity contribution in [1.29, 1.82) is 0 Å². The fourth-order valence-corrected chi connectivity index (χ4v) is 3.71. The fraction of sp³-hybridized carbons (Fsp3) is 0. The largest absolute Gasteiger partial charge is 0.507 e. The molecule has 3 N–H and O–H groups in total. The average Bonchev–Trinajstić information content (AvgIpc) is 3.01. The van der Waals surface area contributed by atoms with E-state index >= 15 is 0 Å². The summed E-state index contributed by atoms with van der Waals surface area (Å²) < 4.78 is 0. The highest BCUT2D eigenvalue weighted by Gasteiger charge is 2.19. The minimum absolute atomic E-state index is 0.156. The van der Waals surface area contributed by atoms with Crippen LogP contribution >= 0.6 is 0 Å². The third kappa shape index (κ3) is 1.93. The molecule has 0 aliphatic heterocycles. The summed E-state index contributed by atoms with van der Waals surface area (Å²) in [5, 5.41) is 25.2. The van der Waals surface area contributed by atoms with Crippen LogP contribution in [0.2, 0.25) is 0 Å². The van der Waals surface area contributed by atoms with Crippen LogP contribution in [0.4, 0.5) is 0 Å². The molecule has 120 valence electrons. The average molecular weight is 325 g/mol. The number of hydrogen-bond acceptors (Lipinski definition) is 2. The van der Waals surface area contributed by atoms with Gasteiger partial charge in [0.2, 0.25) is 0 Å². The van der Waals surface area contributed by atoms with Crippen LogP contribution in [0.1, 0.15) is 0 Å². The van der Waals surface area contributed by atoms with Crippen molar-refractivity contribution in [3.8, 4) is 22.6 Å². The Hall–Kier alpha value is -3.46. The van der Waals surface area contributed by atoms with Gasteiger partial charge in [-0.3, -0.25) is 0 Å². The Morgan fingerprint density at radius 2 is 1.24 bits per heavy atom. The predicted molar refractivity (Wildman–Crippen MR) is 102 cm³/mol. The van der Waals surface area contributed by atoms with Gasteiger partial charge in [0.15, 0.2) is 0 Å². The van der Waals surface area contributed by atoms with Gasteiger partial charge in [-0.2, -0.15) is 0 Å². The lowest BCUT2D eigenvalue weighted by Crippen LogP contribution is -1.86. The zero-order valence-electron chi connectivity index (χ0n) is 13.3. The van der Waals surface area contributed by atoms with Gasteiger partial charge in [-0.15, -0.1) is 0 Å². The number of benzene rings is 4. The molecule has 1 heterocycles. The molecule has 0 saturated carbocycles. The summed E-state index contributed by atoms with van der Waals surface area (Å²) in [5.41, 5.74) is 3.25. The van der Waals surface area contributed by atoms with Crippen LogP contribution in [0.3, 0.4) is 0 Å².